The normalized spacial score (nSPS) is 10.9. The molecule has 2 aromatic carbocycles. The molecule has 0 aliphatic rings. The highest BCUT2D eigenvalue weighted by molar-refractivity contribution is 7.92. The third-order valence-electron chi connectivity index (χ3n) is 3.50. The van der Waals surface area contributed by atoms with Crippen LogP contribution in [0.3, 0.4) is 0 Å². The van der Waals surface area contributed by atoms with Gasteiger partial charge in [0.25, 0.3) is 10.0 Å². The van der Waals surface area contributed by atoms with Crippen LogP contribution in [0.4, 0.5) is 5.88 Å². The summed E-state index contributed by atoms with van der Waals surface area (Å²) in [5.41, 5.74) is 1.22. The Bertz CT molecular complexity index is 1030. The molecule has 0 spiro atoms. The highest BCUT2D eigenvalue weighted by Gasteiger charge is 2.22. The van der Waals surface area contributed by atoms with Crippen molar-refractivity contribution in [2.24, 2.45) is 0 Å². The molecule has 1 heterocycles. The molecule has 7 nitrogen and oxygen atoms in total. The predicted molar refractivity (Wildman–Crippen MR) is 90.5 cm³/mol. The van der Waals surface area contributed by atoms with Crippen molar-refractivity contribution in [3.63, 3.8) is 0 Å². The Balaban J connectivity index is 1.96. The summed E-state index contributed by atoms with van der Waals surface area (Å²) in [5, 5.41) is 12.8. The third kappa shape index (κ3) is 3.32. The first kappa shape index (κ1) is 16.5. The van der Waals surface area contributed by atoms with Crippen molar-refractivity contribution in [1.29, 1.82) is 5.26 Å². The lowest BCUT2D eigenvalue weighted by molar-refractivity contribution is 0.415. The van der Waals surface area contributed by atoms with Crippen molar-refractivity contribution >= 4 is 15.9 Å². The van der Waals surface area contributed by atoms with E-state index in [4.69, 9.17) is 14.5 Å². The van der Waals surface area contributed by atoms with Gasteiger partial charge in [-0.25, -0.2) is 13.1 Å². The van der Waals surface area contributed by atoms with Gasteiger partial charge in [-0.3, -0.25) is 0 Å². The van der Waals surface area contributed by atoms with Gasteiger partial charge in [0.15, 0.2) is 0 Å². The van der Waals surface area contributed by atoms with Crippen LogP contribution in [0.1, 0.15) is 5.56 Å². The lowest BCUT2D eigenvalue weighted by atomic mass is 10.1. The maximum atomic E-state index is 12.6. The van der Waals surface area contributed by atoms with E-state index in [2.05, 4.69) is 9.88 Å². The number of sulfonamides is 1. The third-order valence-corrected chi connectivity index (χ3v) is 4.88. The van der Waals surface area contributed by atoms with Crippen molar-refractivity contribution in [3.8, 4) is 22.9 Å². The molecule has 0 amide bonds. The number of nitrogens with one attached hydrogen (secondary N) is 1. The van der Waals surface area contributed by atoms with Gasteiger partial charge in [0.1, 0.15) is 16.7 Å². The molecule has 0 fully saturated rings. The molecule has 0 aliphatic heterocycles. The topological polar surface area (TPSA) is 105 Å². The Hall–Kier alpha value is -3.31. The first-order valence-electron chi connectivity index (χ1n) is 7.16. The van der Waals surface area contributed by atoms with E-state index in [9.17, 15) is 8.42 Å². The van der Waals surface area contributed by atoms with Gasteiger partial charge < -0.3 is 9.26 Å². The minimum absolute atomic E-state index is 0.0297. The number of ether oxygens (including phenoxy) is 1. The molecule has 1 N–H and O–H groups in total. The summed E-state index contributed by atoms with van der Waals surface area (Å²) in [6.07, 6.45) is 1.41. The number of rotatable bonds is 5. The van der Waals surface area contributed by atoms with Gasteiger partial charge in [-0.05, 0) is 29.8 Å². The van der Waals surface area contributed by atoms with Crippen LogP contribution in [-0.2, 0) is 10.0 Å². The molecule has 0 saturated heterocycles. The summed E-state index contributed by atoms with van der Waals surface area (Å²) in [6, 6.07) is 14.8. The molecule has 25 heavy (non-hydrogen) atoms. The van der Waals surface area contributed by atoms with Crippen molar-refractivity contribution in [2.45, 2.75) is 4.90 Å². The van der Waals surface area contributed by atoms with Crippen LogP contribution >= 0.6 is 0 Å². The molecule has 0 radical (unpaired) electrons. The molecule has 3 rings (SSSR count). The van der Waals surface area contributed by atoms with E-state index in [1.165, 1.54) is 18.3 Å². The fourth-order valence-electron chi connectivity index (χ4n) is 2.26. The largest absolute Gasteiger partial charge is 0.497 e. The summed E-state index contributed by atoms with van der Waals surface area (Å²) >= 11 is 0. The average molecular weight is 355 g/mol. The molecular weight excluding hydrogens is 342 g/mol. The van der Waals surface area contributed by atoms with Gasteiger partial charge in [-0.1, -0.05) is 29.4 Å². The Kier molecular flexibility index (Phi) is 4.41. The number of anilines is 1. The van der Waals surface area contributed by atoms with Gasteiger partial charge in [0.2, 0.25) is 5.88 Å². The zero-order chi connectivity index (χ0) is 17.9. The number of nitriles is 1. The van der Waals surface area contributed by atoms with Gasteiger partial charge in [-0.15, -0.1) is 0 Å². The Morgan fingerprint density at radius 3 is 2.56 bits per heavy atom. The average Bonchev–Trinajstić information content (AvgIpc) is 3.09. The molecule has 0 unspecified atom stereocenters. The summed E-state index contributed by atoms with van der Waals surface area (Å²) in [5.74, 6) is 0.642. The minimum atomic E-state index is -4.00. The summed E-state index contributed by atoms with van der Waals surface area (Å²) < 4.78 is 37.7. The number of methoxy groups -OCH3 is 1. The van der Waals surface area contributed by atoms with Crippen molar-refractivity contribution in [1.82, 2.24) is 5.16 Å². The van der Waals surface area contributed by atoms with Crippen LogP contribution in [0.5, 0.6) is 5.75 Å². The number of benzene rings is 2. The number of nitrogens with zero attached hydrogens (tertiary/aromatic N) is 2. The van der Waals surface area contributed by atoms with Crippen molar-refractivity contribution < 1.29 is 17.7 Å². The molecule has 3 aromatic rings. The van der Waals surface area contributed by atoms with E-state index in [1.54, 1.807) is 43.5 Å². The molecule has 1 aromatic heterocycles. The summed E-state index contributed by atoms with van der Waals surface area (Å²) in [7, 11) is -2.44. The number of aromatic nitrogens is 1. The van der Waals surface area contributed by atoms with Crippen LogP contribution in [-0.4, -0.2) is 20.7 Å². The van der Waals surface area contributed by atoms with Crippen molar-refractivity contribution in [3.05, 3.63) is 60.3 Å². The maximum absolute atomic E-state index is 12.6. The molecule has 126 valence electrons. The molecule has 0 atom stereocenters. The number of hydrogen-bond donors (Lipinski definition) is 1. The van der Waals surface area contributed by atoms with Gasteiger partial charge in [0.05, 0.1) is 24.4 Å². The first-order chi connectivity index (χ1) is 12.0. The standard InChI is InChI=1S/C17H13N3O4S/c1-23-14-8-6-12(7-9-14)15-11-19-24-17(15)20-25(21,22)16-5-3-2-4-13(16)10-18/h2-9,11,20H,1H3. The van der Waals surface area contributed by atoms with E-state index >= 15 is 0 Å². The SMILES string of the molecule is COc1ccc(-c2cnoc2NS(=O)(=O)c2ccccc2C#N)cc1. The fraction of sp³-hybridized carbons (Fsp3) is 0.0588. The van der Waals surface area contributed by atoms with Crippen LogP contribution in [0.25, 0.3) is 11.1 Å². The number of hydrogen-bond acceptors (Lipinski definition) is 6. The van der Waals surface area contributed by atoms with Gasteiger partial charge in [-0.2, -0.15) is 5.26 Å². The molecule has 0 saturated carbocycles. The lowest BCUT2D eigenvalue weighted by Crippen LogP contribution is -2.14. The second-order valence-corrected chi connectivity index (χ2v) is 6.66. The molecule has 0 bridgehead atoms. The van der Waals surface area contributed by atoms with Crippen molar-refractivity contribution in [2.75, 3.05) is 11.8 Å². The second kappa shape index (κ2) is 6.67. The minimum Gasteiger partial charge on any atom is -0.497 e. The van der Waals surface area contributed by atoms with E-state index in [-0.39, 0.29) is 16.3 Å². The van der Waals surface area contributed by atoms with Crippen LogP contribution in [0.15, 0.2) is 64.1 Å². The maximum Gasteiger partial charge on any atom is 0.265 e. The second-order valence-electron chi connectivity index (χ2n) is 5.01. The zero-order valence-electron chi connectivity index (χ0n) is 13.1. The zero-order valence-corrected chi connectivity index (χ0v) is 13.9. The highest BCUT2D eigenvalue weighted by Crippen LogP contribution is 2.31. The Morgan fingerprint density at radius 1 is 1.16 bits per heavy atom. The lowest BCUT2D eigenvalue weighted by Gasteiger charge is -2.08. The van der Waals surface area contributed by atoms with E-state index in [0.29, 0.717) is 16.9 Å². The van der Waals surface area contributed by atoms with Gasteiger partial charge >= 0.3 is 0 Å². The van der Waals surface area contributed by atoms with Crippen LogP contribution < -0.4 is 9.46 Å². The highest BCUT2D eigenvalue weighted by atomic mass is 32.2. The van der Waals surface area contributed by atoms with Crippen LogP contribution in [0, 0.1) is 11.3 Å². The van der Waals surface area contributed by atoms with Crippen LogP contribution in [0.2, 0.25) is 0 Å². The Labute approximate surface area is 144 Å². The fourth-order valence-corrected chi connectivity index (χ4v) is 3.42. The molecule has 8 heteroatoms. The molecule has 0 aliphatic carbocycles. The van der Waals surface area contributed by atoms with E-state index < -0.39 is 10.0 Å². The summed E-state index contributed by atoms with van der Waals surface area (Å²) in [6.45, 7) is 0. The van der Waals surface area contributed by atoms with E-state index in [0.717, 1.165) is 0 Å². The smallest absolute Gasteiger partial charge is 0.265 e. The monoisotopic (exact) mass is 355 g/mol. The Morgan fingerprint density at radius 2 is 1.88 bits per heavy atom. The van der Waals surface area contributed by atoms with Gasteiger partial charge in [0, 0.05) is 0 Å². The first-order valence-corrected chi connectivity index (χ1v) is 8.64. The predicted octanol–water partition coefficient (Wildman–Crippen LogP) is 3.02. The summed E-state index contributed by atoms with van der Waals surface area (Å²) in [4.78, 5) is -0.130. The molecular formula is C17H13N3O4S. The van der Waals surface area contributed by atoms with E-state index in [1.807, 2.05) is 6.07 Å². The quantitative estimate of drug-likeness (QED) is 0.754.